The lowest BCUT2D eigenvalue weighted by molar-refractivity contribution is 0.669. The number of fused-ring (bicyclic) bond motifs is 8. The first kappa shape index (κ1) is 31.7. The van der Waals surface area contributed by atoms with Crippen LogP contribution in [0.5, 0.6) is 0 Å². The van der Waals surface area contributed by atoms with Crippen molar-refractivity contribution in [2.24, 2.45) is 0 Å². The van der Waals surface area contributed by atoms with E-state index in [1.54, 1.807) is 0 Å². The topological polar surface area (TPSA) is 13.1 Å². The van der Waals surface area contributed by atoms with Gasteiger partial charge < -0.3 is 4.42 Å². The smallest absolute Gasteiger partial charge is 0.135 e. The minimum absolute atomic E-state index is 0.530. The summed E-state index contributed by atoms with van der Waals surface area (Å²) in [5.74, 6) is 0. The predicted octanol–water partition coefficient (Wildman–Crippen LogP) is 15.3. The van der Waals surface area contributed by atoms with Crippen LogP contribution in [-0.4, -0.2) is 0 Å². The zero-order valence-corrected chi connectivity index (χ0v) is 31.5. The second kappa shape index (κ2) is 11.8. The Morgan fingerprint density at radius 1 is 0.310 bits per heavy atom. The van der Waals surface area contributed by atoms with Gasteiger partial charge in [0.1, 0.15) is 11.2 Å². The van der Waals surface area contributed by atoms with Crippen LogP contribution in [0.15, 0.2) is 211 Å². The van der Waals surface area contributed by atoms with E-state index in [0.717, 1.165) is 21.9 Å². The van der Waals surface area contributed by atoms with Gasteiger partial charge in [-0.15, -0.1) is 0 Å². The summed E-state index contributed by atoms with van der Waals surface area (Å²) in [4.78, 5) is 0. The zero-order valence-electron chi connectivity index (χ0n) is 31.5. The molecule has 0 amide bonds. The number of rotatable bonds is 4. The Balaban J connectivity index is 1.08. The number of furan rings is 1. The highest BCUT2D eigenvalue weighted by atomic mass is 16.3. The number of para-hydroxylation sites is 1. The van der Waals surface area contributed by atoms with E-state index in [4.69, 9.17) is 4.42 Å². The Kier molecular flexibility index (Phi) is 6.43. The summed E-state index contributed by atoms with van der Waals surface area (Å²) >= 11 is 0. The molecule has 58 heavy (non-hydrogen) atoms. The molecule has 0 fully saturated rings. The quantitative estimate of drug-likeness (QED) is 0.164. The minimum atomic E-state index is -0.530. The highest BCUT2D eigenvalue weighted by Gasteiger charge is 2.47. The molecule has 0 unspecified atom stereocenters. The molecule has 0 atom stereocenters. The molecule has 12 aromatic rings. The maximum atomic E-state index is 6.23. The van der Waals surface area contributed by atoms with Crippen molar-refractivity contribution in [3.63, 3.8) is 0 Å². The summed E-state index contributed by atoms with van der Waals surface area (Å²) < 4.78 is 6.23. The fraction of sp³-hybridized carbons (Fsp3) is 0.0175. The zero-order chi connectivity index (χ0) is 38.0. The average Bonchev–Trinajstić information content (AvgIpc) is 3.82. The molecule has 0 spiro atoms. The van der Waals surface area contributed by atoms with Crippen LogP contribution >= 0.6 is 0 Å². The third-order valence-electron chi connectivity index (χ3n) is 13.1. The van der Waals surface area contributed by atoms with Crippen molar-refractivity contribution in [2.45, 2.75) is 5.41 Å². The van der Waals surface area contributed by atoms with Crippen LogP contribution < -0.4 is 0 Å². The normalized spacial score (nSPS) is 13.3. The van der Waals surface area contributed by atoms with E-state index in [0.29, 0.717) is 0 Å². The monoisotopic (exact) mass is 734 g/mol. The molecular weight excluding hydrogens is 701 g/mol. The SMILES string of the molecule is c1ccc(C2(c3ccccc3)c3cc(-c4cc5ccc6cccc7ccc(c4)c5c67)ccc3-c3c2ccc2c(-c4ccc5oc6ccccc6c5c4)cccc32)cc1. The van der Waals surface area contributed by atoms with Crippen LogP contribution in [0, 0.1) is 0 Å². The highest BCUT2D eigenvalue weighted by molar-refractivity contribution is 6.24. The Morgan fingerprint density at radius 2 is 0.931 bits per heavy atom. The molecule has 268 valence electrons. The van der Waals surface area contributed by atoms with Gasteiger partial charge >= 0.3 is 0 Å². The fourth-order valence-corrected chi connectivity index (χ4v) is 10.6. The fourth-order valence-electron chi connectivity index (χ4n) is 10.6. The molecule has 1 nitrogen and oxygen atoms in total. The summed E-state index contributed by atoms with van der Waals surface area (Å²) in [5.41, 5.74) is 13.9. The summed E-state index contributed by atoms with van der Waals surface area (Å²) in [6.45, 7) is 0. The highest BCUT2D eigenvalue weighted by Crippen LogP contribution is 2.59. The summed E-state index contributed by atoms with van der Waals surface area (Å²) in [7, 11) is 0. The summed E-state index contributed by atoms with van der Waals surface area (Å²) in [6, 6.07) is 76.7. The molecule has 1 aliphatic carbocycles. The molecule has 1 heterocycles. The van der Waals surface area contributed by atoms with Crippen molar-refractivity contribution in [2.75, 3.05) is 0 Å². The Labute approximate surface area is 335 Å². The van der Waals surface area contributed by atoms with Crippen LogP contribution in [0.1, 0.15) is 22.3 Å². The van der Waals surface area contributed by atoms with Crippen molar-refractivity contribution in [3.05, 3.63) is 229 Å². The van der Waals surface area contributed by atoms with Gasteiger partial charge in [0.2, 0.25) is 0 Å². The average molecular weight is 735 g/mol. The first-order valence-electron chi connectivity index (χ1n) is 20.2. The molecular formula is C57H34O. The van der Waals surface area contributed by atoms with E-state index >= 15 is 0 Å². The van der Waals surface area contributed by atoms with Crippen molar-refractivity contribution < 1.29 is 4.42 Å². The lowest BCUT2D eigenvalue weighted by Crippen LogP contribution is -2.28. The van der Waals surface area contributed by atoms with Gasteiger partial charge in [-0.05, 0) is 135 Å². The summed E-state index contributed by atoms with van der Waals surface area (Å²) in [6.07, 6.45) is 0. The molecule has 0 radical (unpaired) electrons. The largest absolute Gasteiger partial charge is 0.456 e. The molecule has 0 bridgehead atoms. The summed E-state index contributed by atoms with van der Waals surface area (Å²) in [5, 5.41) is 12.6. The van der Waals surface area contributed by atoms with Crippen molar-refractivity contribution in [3.8, 4) is 33.4 Å². The molecule has 1 aromatic heterocycles. The molecule has 1 aliphatic rings. The third-order valence-corrected chi connectivity index (χ3v) is 13.1. The third kappa shape index (κ3) is 4.25. The van der Waals surface area contributed by atoms with Crippen LogP contribution in [0.4, 0.5) is 0 Å². The van der Waals surface area contributed by atoms with Crippen molar-refractivity contribution in [1.29, 1.82) is 0 Å². The van der Waals surface area contributed by atoms with Crippen LogP contribution in [0.25, 0.3) is 98.4 Å². The molecule has 11 aromatic carbocycles. The Bertz CT molecular complexity index is 3510. The van der Waals surface area contributed by atoms with Gasteiger partial charge in [-0.2, -0.15) is 0 Å². The lowest BCUT2D eigenvalue weighted by atomic mass is 9.67. The number of hydrogen-bond donors (Lipinski definition) is 0. The first-order chi connectivity index (χ1) is 28.7. The van der Waals surface area contributed by atoms with Crippen molar-refractivity contribution >= 4 is 65.0 Å². The first-order valence-corrected chi connectivity index (χ1v) is 20.2. The van der Waals surface area contributed by atoms with E-state index in [9.17, 15) is 0 Å². The Morgan fingerprint density at radius 3 is 1.69 bits per heavy atom. The van der Waals surface area contributed by atoms with Gasteiger partial charge in [0.25, 0.3) is 0 Å². The van der Waals surface area contributed by atoms with Gasteiger partial charge in [0, 0.05) is 10.8 Å². The van der Waals surface area contributed by atoms with E-state index in [1.807, 2.05) is 6.07 Å². The maximum absolute atomic E-state index is 6.23. The maximum Gasteiger partial charge on any atom is 0.135 e. The minimum Gasteiger partial charge on any atom is -0.456 e. The lowest BCUT2D eigenvalue weighted by Gasteiger charge is -2.34. The molecule has 1 heteroatoms. The molecule has 13 rings (SSSR count). The molecule has 0 aliphatic heterocycles. The predicted molar refractivity (Wildman–Crippen MR) is 243 cm³/mol. The van der Waals surface area contributed by atoms with Crippen molar-refractivity contribution in [1.82, 2.24) is 0 Å². The molecule has 0 saturated carbocycles. The van der Waals surface area contributed by atoms with Gasteiger partial charge in [-0.25, -0.2) is 0 Å². The van der Waals surface area contributed by atoms with Crippen LogP contribution in [0.3, 0.4) is 0 Å². The van der Waals surface area contributed by atoms with Gasteiger partial charge in [0.05, 0.1) is 5.41 Å². The Hall–Kier alpha value is -7.48. The van der Waals surface area contributed by atoms with E-state index in [1.165, 1.54) is 98.7 Å². The van der Waals surface area contributed by atoms with Gasteiger partial charge in [0.15, 0.2) is 0 Å². The number of benzene rings is 11. The number of hydrogen-bond acceptors (Lipinski definition) is 1. The standard InChI is InChI=1S/C57H34O/c1-3-13-42(14-4-1)57(43-15-5-2-6-16-43)50-29-28-45-44(38-26-30-53-49(33-38)46-17-7-8-20-52(46)58-53)18-10-19-47(45)56(50)48-27-25-37(34-51(48)57)41-31-39-23-21-35-11-9-12-36-22-24-40(32-41)55(39)54(35)36/h1-34H. The van der Waals surface area contributed by atoms with Gasteiger partial charge in [-0.1, -0.05) is 170 Å². The van der Waals surface area contributed by atoms with E-state index in [2.05, 4.69) is 200 Å². The van der Waals surface area contributed by atoms with Crippen LogP contribution in [-0.2, 0) is 5.41 Å². The van der Waals surface area contributed by atoms with E-state index in [-0.39, 0.29) is 0 Å². The second-order valence-electron chi connectivity index (χ2n) is 15.9. The van der Waals surface area contributed by atoms with E-state index < -0.39 is 5.41 Å². The molecule has 0 N–H and O–H groups in total. The second-order valence-corrected chi connectivity index (χ2v) is 15.9. The van der Waals surface area contributed by atoms with Gasteiger partial charge in [-0.3, -0.25) is 0 Å². The van der Waals surface area contributed by atoms with Crippen LogP contribution in [0.2, 0.25) is 0 Å². The molecule has 0 saturated heterocycles.